The first-order valence-electron chi connectivity index (χ1n) is 21.8. The topological polar surface area (TPSA) is 188 Å². The van der Waals surface area contributed by atoms with E-state index in [0.717, 1.165) is 25.7 Å². The maximum Gasteiger partial charge on any atom is 0.508 e. The summed E-state index contributed by atoms with van der Waals surface area (Å²) in [5, 5.41) is 12.6. The number of aryl methyl sites for hydroxylation is 1. The third kappa shape index (κ3) is 12.0. The number of aromatic nitrogens is 1. The molecule has 2 saturated heterocycles. The molecule has 16 heteroatoms. The van der Waals surface area contributed by atoms with Crippen LogP contribution in [0.1, 0.15) is 114 Å². The van der Waals surface area contributed by atoms with Crippen molar-refractivity contribution in [2.24, 2.45) is 17.3 Å². The third-order valence-electron chi connectivity index (χ3n) is 12.5. The average molecular weight is 922 g/mol. The van der Waals surface area contributed by atoms with Gasteiger partial charge < -0.3 is 28.8 Å². The third-order valence-corrected chi connectivity index (χ3v) is 13.7. The maximum absolute atomic E-state index is 14.5. The van der Waals surface area contributed by atoms with Crippen LogP contribution in [0.2, 0.25) is 5.02 Å². The van der Waals surface area contributed by atoms with Gasteiger partial charge in [-0.2, -0.15) is 0 Å². The minimum absolute atomic E-state index is 0.102. The highest BCUT2D eigenvalue weighted by atomic mass is 35.5. The zero-order chi connectivity index (χ0) is 46.3. The predicted molar refractivity (Wildman–Crippen MR) is 238 cm³/mol. The zero-order valence-electron chi connectivity index (χ0n) is 37.0. The highest BCUT2D eigenvalue weighted by molar-refractivity contribution is 7.18. The van der Waals surface area contributed by atoms with E-state index in [1.165, 1.54) is 24.3 Å². The molecular weight excluding hydrogens is 864 g/mol. The minimum atomic E-state index is -1.46. The molecule has 3 aromatic rings. The van der Waals surface area contributed by atoms with E-state index >= 15 is 0 Å². The Labute approximate surface area is 382 Å². The normalized spacial score (nSPS) is 26.3. The van der Waals surface area contributed by atoms with Crippen LogP contribution in [0.25, 0.3) is 10.2 Å². The lowest BCUT2D eigenvalue weighted by Crippen LogP contribution is -2.47. The van der Waals surface area contributed by atoms with Gasteiger partial charge in [0.15, 0.2) is 0 Å². The number of benzene rings is 2. The number of esters is 2. The van der Waals surface area contributed by atoms with Gasteiger partial charge in [-0.15, -0.1) is 17.9 Å². The van der Waals surface area contributed by atoms with Crippen molar-refractivity contribution in [3.63, 3.8) is 0 Å². The molecule has 7 atom stereocenters. The van der Waals surface area contributed by atoms with E-state index in [9.17, 15) is 33.9 Å². The van der Waals surface area contributed by atoms with E-state index in [1.807, 2.05) is 39.0 Å². The van der Waals surface area contributed by atoms with Gasteiger partial charge in [0, 0.05) is 31.5 Å². The largest absolute Gasteiger partial charge is 0.508 e. The molecule has 2 amide bonds. The summed E-state index contributed by atoms with van der Waals surface area (Å²) in [5.41, 5.74) is 0.121. The monoisotopic (exact) mass is 920 g/mol. The highest BCUT2D eigenvalue weighted by Gasteiger charge is 2.53. The van der Waals surface area contributed by atoms with Crippen LogP contribution in [-0.4, -0.2) is 81.1 Å². The molecule has 4 heterocycles. The van der Waals surface area contributed by atoms with Crippen molar-refractivity contribution in [3.05, 3.63) is 82.4 Å². The first-order chi connectivity index (χ1) is 30.4. The first kappa shape index (κ1) is 48.5. The molecule has 1 aromatic heterocycles. The van der Waals surface area contributed by atoms with Gasteiger partial charge in [-0.05, 0) is 87.3 Å². The summed E-state index contributed by atoms with van der Waals surface area (Å²) in [5.74, 6) is -3.42. The molecule has 3 aliphatic rings. The van der Waals surface area contributed by atoms with Crippen molar-refractivity contribution in [2.75, 3.05) is 6.54 Å². The fourth-order valence-electron chi connectivity index (χ4n) is 8.43. The molecule has 64 heavy (non-hydrogen) atoms. The molecule has 3 aliphatic heterocycles. The summed E-state index contributed by atoms with van der Waals surface area (Å²) < 4.78 is 30.3. The van der Waals surface area contributed by atoms with Gasteiger partial charge in [0.1, 0.15) is 30.3 Å². The van der Waals surface area contributed by atoms with Crippen molar-refractivity contribution < 1.29 is 57.6 Å². The van der Waals surface area contributed by atoms with Crippen LogP contribution >= 0.6 is 22.9 Å². The Balaban J connectivity index is 1.08. The Bertz CT molecular complexity index is 2270. The number of carbonyl (C=O) groups is 6. The molecule has 0 radical (unpaired) electrons. The molecule has 2 fully saturated rings. The van der Waals surface area contributed by atoms with Crippen molar-refractivity contribution in [1.29, 1.82) is 0 Å². The highest BCUT2D eigenvalue weighted by Crippen LogP contribution is 2.47. The number of aliphatic hydroxyl groups excluding tert-OH is 1. The van der Waals surface area contributed by atoms with Crippen molar-refractivity contribution >= 4 is 68.8 Å². The first-order valence-corrected chi connectivity index (χ1v) is 23.0. The van der Waals surface area contributed by atoms with Crippen molar-refractivity contribution in [1.82, 2.24) is 9.88 Å². The van der Waals surface area contributed by atoms with E-state index in [2.05, 4.69) is 11.6 Å². The van der Waals surface area contributed by atoms with Crippen LogP contribution in [0.5, 0.6) is 5.75 Å². The summed E-state index contributed by atoms with van der Waals surface area (Å²) in [6.45, 7) is 12.9. The van der Waals surface area contributed by atoms with Crippen molar-refractivity contribution in [2.45, 2.75) is 135 Å². The van der Waals surface area contributed by atoms with E-state index in [4.69, 9.17) is 35.3 Å². The molecule has 344 valence electrons. The average Bonchev–Trinajstić information content (AvgIpc) is 3.52. The standard InChI is InChI=1S/C48H57ClN2O12S/c1-7-12-32-44(62-46(58)59-27-30-15-17-35(33(49)23-30)60-42(55)14-9-8-10-22-51-40(53)19-20-41(51)54)28(2)13-11-21-48(6)39(63-48)25-36(31-16-18-37-34(24-31)50-29(3)64-37)61-43(56)26-38(52)47(4,5)45(32)57/h7,15-20,23-24,28,32,36,38-39,44,52H,1,8-14,21-22,25-27H2,2-6H3/t28-,32+,36-,38-,39+,44-,48-/m0/s1. The van der Waals surface area contributed by atoms with Gasteiger partial charge >= 0.3 is 18.1 Å². The Morgan fingerprint density at radius 2 is 1.81 bits per heavy atom. The van der Waals surface area contributed by atoms with Gasteiger partial charge in [0.2, 0.25) is 0 Å². The minimum Gasteiger partial charge on any atom is -0.457 e. The number of epoxide rings is 1. The van der Waals surface area contributed by atoms with Crippen LogP contribution in [0, 0.1) is 24.2 Å². The van der Waals surface area contributed by atoms with E-state index in [0.29, 0.717) is 50.5 Å². The van der Waals surface area contributed by atoms with Gasteiger partial charge in [-0.25, -0.2) is 9.78 Å². The number of unbranched alkanes of at least 4 members (excludes halogenated alkanes) is 2. The number of fused-ring (bicyclic) bond motifs is 2. The van der Waals surface area contributed by atoms with Crippen LogP contribution in [0.3, 0.4) is 0 Å². The number of halogens is 1. The number of nitrogens with zero attached hydrogens (tertiary/aromatic N) is 2. The summed E-state index contributed by atoms with van der Waals surface area (Å²) in [6.07, 6.45) is 3.48. The molecule has 0 spiro atoms. The number of allylic oxidation sites excluding steroid dienone is 1. The second-order valence-electron chi connectivity index (χ2n) is 17.7. The van der Waals surface area contributed by atoms with E-state index in [-0.39, 0.29) is 60.6 Å². The van der Waals surface area contributed by atoms with Gasteiger partial charge in [-0.1, -0.05) is 63.4 Å². The second-order valence-corrected chi connectivity index (χ2v) is 19.4. The molecule has 2 aromatic carbocycles. The predicted octanol–water partition coefficient (Wildman–Crippen LogP) is 8.86. The lowest BCUT2D eigenvalue weighted by molar-refractivity contribution is -0.157. The number of thiazole rings is 1. The molecule has 0 saturated carbocycles. The fraction of sp³-hybridized carbons (Fsp3) is 0.521. The number of ketones is 1. The van der Waals surface area contributed by atoms with Crippen LogP contribution in [-0.2, 0) is 49.5 Å². The Morgan fingerprint density at radius 1 is 1.06 bits per heavy atom. The Morgan fingerprint density at radius 3 is 2.53 bits per heavy atom. The molecule has 14 nitrogen and oxygen atoms in total. The van der Waals surface area contributed by atoms with Gasteiger partial charge in [-0.3, -0.25) is 28.9 Å². The number of hydrogen-bond acceptors (Lipinski definition) is 14. The summed E-state index contributed by atoms with van der Waals surface area (Å²) in [7, 11) is 0. The van der Waals surface area contributed by atoms with Gasteiger partial charge in [0.05, 0.1) is 55.8 Å². The number of carbonyl (C=O) groups excluding carboxylic acids is 6. The number of cyclic esters (lactones) is 1. The van der Waals surface area contributed by atoms with Crippen LogP contribution < -0.4 is 4.74 Å². The maximum atomic E-state index is 14.5. The van der Waals surface area contributed by atoms with Crippen LogP contribution in [0.4, 0.5) is 4.79 Å². The van der Waals surface area contributed by atoms with Crippen LogP contribution in [0.15, 0.2) is 61.2 Å². The van der Waals surface area contributed by atoms with Crippen molar-refractivity contribution in [3.8, 4) is 5.75 Å². The van der Waals surface area contributed by atoms with E-state index in [1.54, 1.807) is 37.3 Å². The summed E-state index contributed by atoms with van der Waals surface area (Å²) >= 11 is 8.02. The number of imide groups is 1. The number of ether oxygens (including phenoxy) is 5. The Kier molecular flexibility index (Phi) is 15.8. The number of amides is 2. The zero-order valence-corrected chi connectivity index (χ0v) is 38.5. The summed E-state index contributed by atoms with van der Waals surface area (Å²) in [6, 6.07) is 10.4. The quantitative estimate of drug-likeness (QED) is 0.0428. The van der Waals surface area contributed by atoms with E-state index < -0.39 is 65.5 Å². The molecule has 1 N–H and O–H groups in total. The number of rotatable bonds is 13. The fourth-order valence-corrected chi connectivity index (χ4v) is 9.48. The second kappa shape index (κ2) is 20.9. The lowest BCUT2D eigenvalue weighted by Gasteiger charge is -2.37. The number of aliphatic hydroxyl groups is 1. The lowest BCUT2D eigenvalue weighted by atomic mass is 9.71. The molecule has 0 aliphatic carbocycles. The summed E-state index contributed by atoms with van der Waals surface area (Å²) in [4.78, 5) is 83.2. The molecule has 0 bridgehead atoms. The number of hydrogen-bond donors (Lipinski definition) is 1. The smallest absolute Gasteiger partial charge is 0.457 e. The molecular formula is C48H57ClN2O12S. The SMILES string of the molecule is C=CC[C@H]1C(=O)C(C)(C)[C@@H](O)CC(=O)O[C@H](c2ccc3sc(C)nc3c2)C[C@H]2O[C@@]2(C)CCC[C@H](C)[C@@H]1OC(=O)OCc1ccc(OC(=O)CCCCCN2C(=O)C=CC2=O)c(Cl)c1. The molecule has 6 rings (SSSR count). The Hall–Kier alpha value is -4.96. The molecule has 0 unspecified atom stereocenters. The number of Topliss-reactive ketones (excluding diaryl/α,β-unsaturated/α-hetero) is 1. The van der Waals surface area contributed by atoms with Gasteiger partial charge in [0.25, 0.3) is 11.8 Å².